The van der Waals surface area contributed by atoms with Crippen LogP contribution in [-0.2, 0) is 25.7 Å². The standard InChI is InChI=1S/C15H16F3N3O6/c16-15(17,18)8-19-14(25)20-11(22)7-27-13(24)9-4-12(23)21(5-9)6-10-2-1-3-26-10/h1-3,9H,4-8H2,(H2,19,20,22,25)/t9-/m1/s1. The van der Waals surface area contributed by atoms with Crippen molar-refractivity contribution in [1.82, 2.24) is 15.5 Å². The van der Waals surface area contributed by atoms with E-state index in [0.29, 0.717) is 5.76 Å². The molecule has 148 valence electrons. The van der Waals surface area contributed by atoms with Gasteiger partial charge in [-0.25, -0.2) is 4.79 Å². The van der Waals surface area contributed by atoms with E-state index in [1.165, 1.54) is 16.5 Å². The molecule has 1 atom stereocenters. The molecule has 2 N–H and O–H groups in total. The second kappa shape index (κ2) is 8.56. The molecule has 12 heteroatoms. The smallest absolute Gasteiger partial charge is 0.405 e. The molecule has 1 saturated heterocycles. The van der Waals surface area contributed by atoms with E-state index in [1.54, 1.807) is 17.4 Å². The van der Waals surface area contributed by atoms with Crippen LogP contribution >= 0.6 is 0 Å². The first-order chi connectivity index (χ1) is 12.6. The molecule has 1 aromatic heterocycles. The highest BCUT2D eigenvalue weighted by Gasteiger charge is 2.36. The Morgan fingerprint density at radius 3 is 2.70 bits per heavy atom. The molecule has 4 amide bonds. The monoisotopic (exact) mass is 391 g/mol. The van der Waals surface area contributed by atoms with Gasteiger partial charge in [0.15, 0.2) is 6.61 Å². The van der Waals surface area contributed by atoms with Gasteiger partial charge in [0.25, 0.3) is 5.91 Å². The van der Waals surface area contributed by atoms with Crippen LogP contribution in [0.15, 0.2) is 22.8 Å². The number of halogens is 3. The van der Waals surface area contributed by atoms with Crippen LogP contribution in [0.25, 0.3) is 0 Å². The molecule has 1 fully saturated rings. The molecule has 2 rings (SSSR count). The van der Waals surface area contributed by atoms with E-state index in [9.17, 15) is 32.3 Å². The van der Waals surface area contributed by atoms with Crippen molar-refractivity contribution < 1.29 is 41.5 Å². The lowest BCUT2D eigenvalue weighted by Crippen LogP contribution is -2.44. The van der Waals surface area contributed by atoms with Crippen LogP contribution in [0.1, 0.15) is 12.2 Å². The molecule has 0 bridgehead atoms. The summed E-state index contributed by atoms with van der Waals surface area (Å²) in [4.78, 5) is 47.7. The van der Waals surface area contributed by atoms with Crippen LogP contribution < -0.4 is 10.6 Å². The zero-order valence-electron chi connectivity index (χ0n) is 13.9. The molecule has 9 nitrogen and oxygen atoms in total. The summed E-state index contributed by atoms with van der Waals surface area (Å²) in [6.07, 6.45) is -3.28. The van der Waals surface area contributed by atoms with Gasteiger partial charge in [0.05, 0.1) is 18.7 Å². The quantitative estimate of drug-likeness (QED) is 0.685. The van der Waals surface area contributed by atoms with Crippen molar-refractivity contribution >= 4 is 23.8 Å². The SMILES string of the molecule is O=C(COC(=O)[C@@H]1CC(=O)N(Cc2ccco2)C1)NC(=O)NCC(F)(F)F. The van der Waals surface area contributed by atoms with Crippen LogP contribution in [-0.4, -0.2) is 54.6 Å². The third-order valence-corrected chi connectivity index (χ3v) is 3.52. The number of ether oxygens (including phenoxy) is 1. The van der Waals surface area contributed by atoms with Gasteiger partial charge in [-0.05, 0) is 12.1 Å². The van der Waals surface area contributed by atoms with Crippen molar-refractivity contribution in [2.24, 2.45) is 5.92 Å². The lowest BCUT2D eigenvalue weighted by atomic mass is 10.1. The van der Waals surface area contributed by atoms with Gasteiger partial charge in [-0.3, -0.25) is 19.7 Å². The minimum absolute atomic E-state index is 0.0755. The topological polar surface area (TPSA) is 118 Å². The number of nitrogens with zero attached hydrogens (tertiary/aromatic N) is 1. The van der Waals surface area contributed by atoms with Crippen molar-refractivity contribution in [3.05, 3.63) is 24.2 Å². The van der Waals surface area contributed by atoms with Crippen molar-refractivity contribution in [2.45, 2.75) is 19.1 Å². The number of alkyl halides is 3. The number of carbonyl (C=O) groups is 4. The molecular weight excluding hydrogens is 375 g/mol. The summed E-state index contributed by atoms with van der Waals surface area (Å²) in [7, 11) is 0. The number of hydrogen-bond donors (Lipinski definition) is 2. The summed E-state index contributed by atoms with van der Waals surface area (Å²) in [6, 6.07) is 1.96. The fraction of sp³-hybridized carbons (Fsp3) is 0.467. The number of imide groups is 1. The molecule has 0 radical (unpaired) electrons. The lowest BCUT2D eigenvalue weighted by Gasteiger charge is -2.14. The summed E-state index contributed by atoms with van der Waals surface area (Å²) in [6.45, 7) is -2.20. The predicted octanol–water partition coefficient (Wildman–Crippen LogP) is 0.559. The molecule has 0 aliphatic carbocycles. The third kappa shape index (κ3) is 6.64. The first-order valence-corrected chi connectivity index (χ1v) is 7.75. The molecule has 0 saturated carbocycles. The number of esters is 1. The third-order valence-electron chi connectivity index (χ3n) is 3.52. The maximum Gasteiger partial charge on any atom is 0.405 e. The van der Waals surface area contributed by atoms with Gasteiger partial charge in [0.1, 0.15) is 12.3 Å². The second-order valence-corrected chi connectivity index (χ2v) is 5.71. The molecule has 1 aliphatic heterocycles. The van der Waals surface area contributed by atoms with Crippen LogP contribution in [0, 0.1) is 5.92 Å². The highest BCUT2D eigenvalue weighted by atomic mass is 19.4. The fourth-order valence-electron chi connectivity index (χ4n) is 2.32. The van der Waals surface area contributed by atoms with Gasteiger partial charge < -0.3 is 19.4 Å². The number of nitrogens with one attached hydrogen (secondary N) is 2. The maximum atomic E-state index is 11.9. The number of amides is 4. The summed E-state index contributed by atoms with van der Waals surface area (Å²) < 4.78 is 45.6. The van der Waals surface area contributed by atoms with Crippen molar-refractivity contribution in [1.29, 1.82) is 0 Å². The molecule has 0 spiro atoms. The molecule has 2 heterocycles. The predicted molar refractivity (Wildman–Crippen MR) is 80.8 cm³/mol. The van der Waals surface area contributed by atoms with Gasteiger partial charge in [-0.1, -0.05) is 0 Å². The maximum absolute atomic E-state index is 11.9. The summed E-state index contributed by atoms with van der Waals surface area (Å²) in [5.74, 6) is -2.46. The zero-order valence-corrected chi connectivity index (χ0v) is 13.9. The number of hydrogen-bond acceptors (Lipinski definition) is 6. The zero-order chi connectivity index (χ0) is 20.0. The molecule has 1 aromatic rings. The Bertz CT molecular complexity index is 704. The largest absolute Gasteiger partial charge is 0.467 e. The fourth-order valence-corrected chi connectivity index (χ4v) is 2.32. The normalized spacial score (nSPS) is 16.9. The second-order valence-electron chi connectivity index (χ2n) is 5.71. The highest BCUT2D eigenvalue weighted by molar-refractivity contribution is 5.96. The molecular formula is C15H16F3N3O6. The van der Waals surface area contributed by atoms with E-state index >= 15 is 0 Å². The number of urea groups is 1. The average molecular weight is 391 g/mol. The Hall–Kier alpha value is -3.05. The molecule has 0 aromatic carbocycles. The summed E-state index contributed by atoms with van der Waals surface area (Å²) >= 11 is 0. The number of carbonyl (C=O) groups excluding carboxylic acids is 4. The summed E-state index contributed by atoms with van der Waals surface area (Å²) in [5, 5.41) is 3.02. The molecule has 1 aliphatic rings. The number of rotatable bonds is 6. The van der Waals surface area contributed by atoms with Crippen LogP contribution in [0.5, 0.6) is 0 Å². The summed E-state index contributed by atoms with van der Waals surface area (Å²) in [5.41, 5.74) is 0. The number of likely N-dealkylation sites (tertiary alicyclic amines) is 1. The van der Waals surface area contributed by atoms with E-state index in [0.717, 1.165) is 0 Å². The Morgan fingerprint density at radius 1 is 1.33 bits per heavy atom. The van der Waals surface area contributed by atoms with Crippen LogP contribution in [0.2, 0.25) is 0 Å². The van der Waals surface area contributed by atoms with E-state index in [2.05, 4.69) is 0 Å². The van der Waals surface area contributed by atoms with Gasteiger partial charge in [0.2, 0.25) is 5.91 Å². The Labute approximate surface area is 150 Å². The number of furan rings is 1. The van der Waals surface area contributed by atoms with Gasteiger partial charge in [0, 0.05) is 13.0 Å². The first kappa shape index (κ1) is 20.3. The van der Waals surface area contributed by atoms with Crippen molar-refractivity contribution in [3.63, 3.8) is 0 Å². The van der Waals surface area contributed by atoms with Crippen LogP contribution in [0.3, 0.4) is 0 Å². The van der Waals surface area contributed by atoms with Crippen molar-refractivity contribution in [3.8, 4) is 0 Å². The minimum atomic E-state index is -4.62. The average Bonchev–Trinajstić information content (AvgIpc) is 3.21. The van der Waals surface area contributed by atoms with E-state index in [4.69, 9.17) is 9.15 Å². The minimum Gasteiger partial charge on any atom is -0.467 e. The Kier molecular flexibility index (Phi) is 6.42. The Morgan fingerprint density at radius 2 is 2.07 bits per heavy atom. The first-order valence-electron chi connectivity index (χ1n) is 7.75. The van der Waals surface area contributed by atoms with Crippen LogP contribution in [0.4, 0.5) is 18.0 Å². The van der Waals surface area contributed by atoms with Gasteiger partial charge in [-0.15, -0.1) is 0 Å². The Balaban J connectivity index is 1.71. The van der Waals surface area contributed by atoms with E-state index in [1.807, 2.05) is 0 Å². The molecule has 0 unspecified atom stereocenters. The van der Waals surface area contributed by atoms with E-state index < -0.39 is 43.2 Å². The van der Waals surface area contributed by atoms with Gasteiger partial charge in [-0.2, -0.15) is 13.2 Å². The van der Waals surface area contributed by atoms with E-state index in [-0.39, 0.29) is 25.4 Å². The lowest BCUT2D eigenvalue weighted by molar-refractivity contribution is -0.152. The molecule has 27 heavy (non-hydrogen) atoms. The van der Waals surface area contributed by atoms with Gasteiger partial charge >= 0.3 is 18.2 Å². The van der Waals surface area contributed by atoms with Crippen molar-refractivity contribution in [2.75, 3.05) is 19.7 Å². The highest BCUT2D eigenvalue weighted by Crippen LogP contribution is 2.21.